The molecule has 0 bridgehead atoms. The van der Waals surface area contributed by atoms with E-state index in [1.165, 1.54) is 5.56 Å². The number of hydrogen-bond acceptors (Lipinski definition) is 4. The number of benzene rings is 1. The highest BCUT2D eigenvalue weighted by Gasteiger charge is 2.08. The van der Waals surface area contributed by atoms with Crippen molar-refractivity contribution in [1.29, 1.82) is 5.26 Å². The summed E-state index contributed by atoms with van der Waals surface area (Å²) in [5.74, 6) is 0. The molecule has 1 aromatic carbocycles. The van der Waals surface area contributed by atoms with Crippen molar-refractivity contribution in [1.82, 2.24) is 24.8 Å². The molecule has 22 heavy (non-hydrogen) atoms. The fourth-order valence-corrected chi connectivity index (χ4v) is 2.32. The minimum absolute atomic E-state index is 0.680. The Kier molecular flexibility index (Phi) is 3.97. The van der Waals surface area contributed by atoms with Crippen molar-refractivity contribution < 1.29 is 0 Å². The van der Waals surface area contributed by atoms with Crippen LogP contribution < -0.4 is 0 Å². The molecule has 0 aliphatic rings. The smallest absolute Gasteiger partial charge is 0.131 e. The average molecular weight is 292 g/mol. The van der Waals surface area contributed by atoms with Gasteiger partial charge in [-0.15, -0.1) is 5.10 Å². The molecule has 0 unspecified atom stereocenters. The van der Waals surface area contributed by atoms with Gasteiger partial charge in [0.1, 0.15) is 5.69 Å². The highest BCUT2D eigenvalue weighted by atomic mass is 15.4. The van der Waals surface area contributed by atoms with Crippen LogP contribution in [0.3, 0.4) is 0 Å². The molecule has 0 radical (unpaired) electrons. The van der Waals surface area contributed by atoms with Gasteiger partial charge >= 0.3 is 0 Å². The topological polar surface area (TPSA) is 72.3 Å². The second kappa shape index (κ2) is 6.22. The molecule has 2 heterocycles. The first kappa shape index (κ1) is 14.0. The van der Waals surface area contributed by atoms with E-state index in [1.807, 2.05) is 52.8 Å². The van der Waals surface area contributed by atoms with Gasteiger partial charge in [-0.1, -0.05) is 17.3 Å². The minimum Gasteiger partial charge on any atom is -0.263 e. The van der Waals surface area contributed by atoms with Gasteiger partial charge in [0.15, 0.2) is 0 Å². The number of aryl methyl sites for hydroxylation is 3. The molecule has 110 valence electrons. The summed E-state index contributed by atoms with van der Waals surface area (Å²) in [6.07, 6.45) is 4.56. The van der Waals surface area contributed by atoms with Gasteiger partial charge in [0, 0.05) is 19.3 Å². The second-order valence-corrected chi connectivity index (χ2v) is 4.96. The van der Waals surface area contributed by atoms with Crippen LogP contribution in [0.1, 0.15) is 18.1 Å². The summed E-state index contributed by atoms with van der Waals surface area (Å²) in [6, 6.07) is 11.7. The van der Waals surface area contributed by atoms with E-state index in [0.29, 0.717) is 5.56 Å². The SMILES string of the molecule is CCn1nccc1-c1cn(CCc2ccc(C#N)cc2)nn1. The molecule has 0 aliphatic carbocycles. The van der Waals surface area contributed by atoms with Gasteiger partial charge in [0.05, 0.1) is 23.5 Å². The van der Waals surface area contributed by atoms with E-state index in [9.17, 15) is 0 Å². The van der Waals surface area contributed by atoms with Gasteiger partial charge in [-0.25, -0.2) is 0 Å². The van der Waals surface area contributed by atoms with Crippen LogP contribution in [0.25, 0.3) is 11.4 Å². The molecule has 3 aromatic rings. The third kappa shape index (κ3) is 2.88. The summed E-state index contributed by atoms with van der Waals surface area (Å²) in [7, 11) is 0. The van der Waals surface area contributed by atoms with Crippen LogP contribution in [0, 0.1) is 11.3 Å². The first-order valence-corrected chi connectivity index (χ1v) is 7.21. The summed E-state index contributed by atoms with van der Waals surface area (Å²) in [4.78, 5) is 0. The second-order valence-electron chi connectivity index (χ2n) is 4.96. The molecule has 0 fully saturated rings. The van der Waals surface area contributed by atoms with Crippen molar-refractivity contribution in [3.8, 4) is 17.5 Å². The monoisotopic (exact) mass is 292 g/mol. The molecule has 0 saturated carbocycles. The Morgan fingerprint density at radius 2 is 2.00 bits per heavy atom. The number of nitrogens with zero attached hydrogens (tertiary/aromatic N) is 6. The van der Waals surface area contributed by atoms with Crippen molar-refractivity contribution in [2.24, 2.45) is 0 Å². The molecule has 0 amide bonds. The quantitative estimate of drug-likeness (QED) is 0.723. The maximum atomic E-state index is 8.79. The lowest BCUT2D eigenvalue weighted by atomic mass is 10.1. The van der Waals surface area contributed by atoms with E-state index in [4.69, 9.17) is 5.26 Å². The van der Waals surface area contributed by atoms with Gasteiger partial charge in [0.2, 0.25) is 0 Å². The third-order valence-electron chi connectivity index (χ3n) is 3.53. The Morgan fingerprint density at radius 3 is 2.73 bits per heavy atom. The van der Waals surface area contributed by atoms with Gasteiger partial charge in [-0.05, 0) is 37.1 Å². The maximum Gasteiger partial charge on any atom is 0.131 e. The van der Waals surface area contributed by atoms with Crippen LogP contribution in [0.15, 0.2) is 42.7 Å². The van der Waals surface area contributed by atoms with E-state index >= 15 is 0 Å². The molecular formula is C16H16N6. The van der Waals surface area contributed by atoms with Gasteiger partial charge in [0.25, 0.3) is 0 Å². The number of rotatable bonds is 5. The van der Waals surface area contributed by atoms with E-state index in [0.717, 1.165) is 30.9 Å². The van der Waals surface area contributed by atoms with Crippen molar-refractivity contribution in [3.63, 3.8) is 0 Å². The molecule has 6 nitrogen and oxygen atoms in total. The predicted molar refractivity (Wildman–Crippen MR) is 81.8 cm³/mol. The number of hydrogen-bond donors (Lipinski definition) is 0. The van der Waals surface area contributed by atoms with Crippen LogP contribution in [0.2, 0.25) is 0 Å². The lowest BCUT2D eigenvalue weighted by Crippen LogP contribution is -2.02. The van der Waals surface area contributed by atoms with E-state index in [2.05, 4.69) is 21.5 Å². The fourth-order valence-electron chi connectivity index (χ4n) is 2.32. The average Bonchev–Trinajstić information content (AvgIpc) is 3.21. The largest absolute Gasteiger partial charge is 0.263 e. The lowest BCUT2D eigenvalue weighted by molar-refractivity contribution is 0.589. The maximum absolute atomic E-state index is 8.79. The Hall–Kier alpha value is -2.94. The summed E-state index contributed by atoms with van der Waals surface area (Å²) < 4.78 is 3.73. The summed E-state index contributed by atoms with van der Waals surface area (Å²) in [5.41, 5.74) is 3.67. The van der Waals surface area contributed by atoms with Crippen molar-refractivity contribution in [3.05, 3.63) is 53.9 Å². The van der Waals surface area contributed by atoms with Crippen LogP contribution in [0.4, 0.5) is 0 Å². The first-order valence-electron chi connectivity index (χ1n) is 7.21. The zero-order valence-corrected chi connectivity index (χ0v) is 12.3. The Balaban J connectivity index is 1.68. The Morgan fingerprint density at radius 1 is 1.18 bits per heavy atom. The third-order valence-corrected chi connectivity index (χ3v) is 3.53. The summed E-state index contributed by atoms with van der Waals surface area (Å²) in [5, 5.41) is 21.4. The number of aromatic nitrogens is 5. The minimum atomic E-state index is 0.680. The molecular weight excluding hydrogens is 276 g/mol. The molecule has 0 spiro atoms. The van der Waals surface area contributed by atoms with Crippen LogP contribution in [-0.2, 0) is 19.5 Å². The normalized spacial score (nSPS) is 10.5. The van der Waals surface area contributed by atoms with Gasteiger partial charge < -0.3 is 0 Å². The van der Waals surface area contributed by atoms with Gasteiger partial charge in [-0.3, -0.25) is 9.36 Å². The molecule has 0 saturated heterocycles. The van der Waals surface area contributed by atoms with Crippen LogP contribution >= 0.6 is 0 Å². The lowest BCUT2D eigenvalue weighted by Gasteiger charge is -2.01. The molecule has 2 aromatic heterocycles. The van der Waals surface area contributed by atoms with E-state index in [-0.39, 0.29) is 0 Å². The van der Waals surface area contributed by atoms with Crippen LogP contribution in [0.5, 0.6) is 0 Å². The van der Waals surface area contributed by atoms with Crippen LogP contribution in [-0.4, -0.2) is 24.8 Å². The van der Waals surface area contributed by atoms with Crippen molar-refractivity contribution in [2.45, 2.75) is 26.4 Å². The molecule has 0 N–H and O–H groups in total. The Labute approximate surface area is 128 Å². The van der Waals surface area contributed by atoms with Crippen molar-refractivity contribution >= 4 is 0 Å². The molecule has 6 heteroatoms. The standard InChI is InChI=1S/C16H16N6/c1-2-22-16(7-9-18-22)15-12-21(20-19-15)10-8-13-3-5-14(11-17)6-4-13/h3-7,9,12H,2,8,10H2,1H3. The molecule has 0 atom stereocenters. The van der Waals surface area contributed by atoms with Crippen molar-refractivity contribution in [2.75, 3.05) is 0 Å². The van der Waals surface area contributed by atoms with Gasteiger partial charge in [-0.2, -0.15) is 10.4 Å². The molecule has 0 aliphatic heterocycles. The van der Waals surface area contributed by atoms with E-state index in [1.54, 1.807) is 6.20 Å². The highest BCUT2D eigenvalue weighted by Crippen LogP contribution is 2.15. The number of nitriles is 1. The summed E-state index contributed by atoms with van der Waals surface area (Å²) >= 11 is 0. The predicted octanol–water partition coefficient (Wildman–Crippen LogP) is 2.28. The fraction of sp³-hybridized carbons (Fsp3) is 0.250. The summed E-state index contributed by atoms with van der Waals surface area (Å²) in [6.45, 7) is 3.60. The molecule has 3 rings (SSSR count). The highest BCUT2D eigenvalue weighted by molar-refractivity contribution is 5.52. The van der Waals surface area contributed by atoms with E-state index < -0.39 is 0 Å². The Bertz CT molecular complexity index is 791. The zero-order valence-electron chi connectivity index (χ0n) is 12.3. The zero-order chi connectivity index (χ0) is 15.4. The first-order chi connectivity index (χ1) is 10.8.